The molecule has 0 saturated carbocycles. The lowest BCUT2D eigenvalue weighted by molar-refractivity contribution is -0.0761. The number of rotatable bonds is 41. The van der Waals surface area contributed by atoms with Crippen LogP contribution in [0.25, 0.3) is 0 Å². The van der Waals surface area contributed by atoms with Gasteiger partial charge in [0.15, 0.2) is 0 Å². The van der Waals surface area contributed by atoms with Crippen LogP contribution in [0.1, 0.15) is 392 Å². The third-order valence-electron chi connectivity index (χ3n) is 20.6. The van der Waals surface area contributed by atoms with E-state index in [0.717, 1.165) is 54.4 Å². The molecule has 14 nitrogen and oxygen atoms in total. The molecule has 0 N–H and O–H groups in total. The second-order valence-electron chi connectivity index (χ2n) is 37.5. The fourth-order valence-electron chi connectivity index (χ4n) is 13.2. The number of benzene rings is 3. The zero-order chi connectivity index (χ0) is 80.5. The Morgan fingerprint density at radius 1 is 0.297 bits per heavy atom. The van der Waals surface area contributed by atoms with E-state index < -0.39 is 34.4 Å². The minimum absolute atomic E-state index is 0. The van der Waals surface area contributed by atoms with Crippen molar-refractivity contribution in [2.45, 2.75) is 391 Å². The zero-order valence-corrected chi connectivity index (χ0v) is 78.9. The minimum atomic E-state index is -1.52. The Morgan fingerprint density at radius 3 is 0.703 bits per heavy atom. The molecular formula is C91H168O14P6. The van der Waals surface area contributed by atoms with E-state index in [1.54, 1.807) is 7.11 Å². The summed E-state index contributed by atoms with van der Waals surface area (Å²) in [6.07, 6.45) is 44.1. The van der Waals surface area contributed by atoms with Gasteiger partial charge in [0.05, 0.1) is 86.4 Å². The average molecular weight is 1670 g/mol. The van der Waals surface area contributed by atoms with Crippen LogP contribution in [0.3, 0.4) is 0 Å². The third-order valence-corrected chi connectivity index (χ3v) is 25.1. The van der Waals surface area contributed by atoms with Crippen molar-refractivity contribution in [1.82, 2.24) is 0 Å². The van der Waals surface area contributed by atoms with Gasteiger partial charge in [0.1, 0.15) is 17.2 Å². The molecule has 7 rings (SSSR count). The predicted octanol–water partition coefficient (Wildman–Crippen LogP) is 31.1. The molecule has 4 heterocycles. The highest BCUT2D eigenvalue weighted by molar-refractivity contribution is 7.42. The lowest BCUT2D eigenvalue weighted by atomic mass is 9.80. The molecular weight excluding hydrogens is 1500 g/mol. The van der Waals surface area contributed by atoms with Gasteiger partial charge in [-0.25, -0.2) is 0 Å². The van der Waals surface area contributed by atoms with Crippen LogP contribution in [0.15, 0.2) is 54.6 Å². The molecule has 4 fully saturated rings. The normalized spacial score (nSPS) is 20.4. The molecule has 0 aromatic heterocycles. The Hall–Kier alpha value is -0.800. The van der Waals surface area contributed by atoms with E-state index in [0.29, 0.717) is 52.9 Å². The molecule has 0 amide bonds. The molecule has 0 radical (unpaired) electrons. The summed E-state index contributed by atoms with van der Waals surface area (Å²) in [5.41, 5.74) is 7.10. The van der Waals surface area contributed by atoms with Crippen molar-refractivity contribution in [2.75, 3.05) is 73.2 Å². The second kappa shape index (κ2) is 55.9. The van der Waals surface area contributed by atoms with Gasteiger partial charge < -0.3 is 63.3 Å². The summed E-state index contributed by atoms with van der Waals surface area (Å²) in [5.74, 6) is 2.58. The van der Waals surface area contributed by atoms with E-state index in [-0.39, 0.29) is 58.2 Å². The van der Waals surface area contributed by atoms with Crippen LogP contribution >= 0.6 is 53.3 Å². The van der Waals surface area contributed by atoms with Gasteiger partial charge in [0.2, 0.25) is 0 Å². The number of unbranched alkanes of at least 4 members (excludes halogenated alkanes) is 30. The molecule has 20 heteroatoms. The fourth-order valence-corrected chi connectivity index (χ4v) is 18.4. The van der Waals surface area contributed by atoms with Crippen LogP contribution in [0.2, 0.25) is 0 Å². The first-order chi connectivity index (χ1) is 51.6. The monoisotopic (exact) mass is 1670 g/mol. The van der Waals surface area contributed by atoms with E-state index in [9.17, 15) is 0 Å². The van der Waals surface area contributed by atoms with Crippen LogP contribution in [-0.4, -0.2) is 73.2 Å². The van der Waals surface area contributed by atoms with E-state index >= 15 is 0 Å². The summed E-state index contributed by atoms with van der Waals surface area (Å²) >= 11 is 0. The van der Waals surface area contributed by atoms with Gasteiger partial charge in [-0.15, -0.1) is 0 Å². The maximum Gasteiger partial charge on any atom is 0.397 e. The number of hydrogen-bond acceptors (Lipinski definition) is 14. The molecule has 2 unspecified atom stereocenters. The van der Waals surface area contributed by atoms with Crippen LogP contribution < -0.4 is 13.6 Å². The maximum atomic E-state index is 6.31. The quantitative estimate of drug-likeness (QED) is 0.0395. The van der Waals surface area contributed by atoms with Crippen molar-refractivity contribution < 1.29 is 63.3 Å². The zero-order valence-electron chi connectivity index (χ0n) is 73.1. The van der Waals surface area contributed by atoms with Gasteiger partial charge in [-0.05, 0) is 89.7 Å². The molecule has 2 atom stereocenters. The van der Waals surface area contributed by atoms with E-state index in [1.807, 2.05) is 0 Å². The predicted molar refractivity (Wildman–Crippen MR) is 484 cm³/mol. The van der Waals surface area contributed by atoms with Gasteiger partial charge in [-0.3, -0.25) is 0 Å². The minimum Gasteiger partial charge on any atom is -0.480 e. The first-order valence-corrected chi connectivity index (χ1v) is 47.9. The molecule has 4 saturated heterocycles. The van der Waals surface area contributed by atoms with Crippen molar-refractivity contribution in [2.24, 2.45) is 10.8 Å². The SMILES string of the molecule is C.C.CC(C)(C)c1ccc(OP)c(C(C)(C)C)c1.CC(C)(C)c1ccc(OP2OCC3(CO2)COP(Oc2ccc(C(C)(C)C)cc2C(C)(C)C)OC3)c(C(C)(C)C)c1.CCCCCCCCCCCCCCCCCCOP1OCC2(CO1)COP(OCCCCCCCCCCCCCCCCCC)OC2.COP. The largest absolute Gasteiger partial charge is 0.480 e. The van der Waals surface area contributed by atoms with E-state index in [4.69, 9.17) is 58.8 Å². The lowest BCUT2D eigenvalue weighted by Gasteiger charge is -2.41. The molecule has 4 aliphatic rings. The standard InChI is InChI=1S/C41H82O6P2.C33H50O6P2.C14H23OP.CH5OP.2CH4/c1-3-5-7-9-11-13-15-17-19-21-23-25-27-29-31-33-35-42-48-44-37-41(38-45-48)39-46-49(47-40-41)43-36-34-32-30-28-26-24-22-20-18-16-14-12-10-8-6-4-2;1-29(2,3)23-13-15-27(25(17-23)31(7,8)9)38-40-34-19-33(20-35-40)21-36-41(37-22-33)39-28-16-14-24(30(4,5)6)18-26(28)32(10,11)12;1-13(2,3)10-7-8-12(15-16)11(9-10)14(4,5)6;1-2-3;;/h3-40H2,1-2H3;13-18H,19-22H2,1-12H3;7-9H,16H2,1-6H3;3H2,1H3;2*1H4. The molecule has 111 heavy (non-hydrogen) atoms. The molecule has 3 aromatic carbocycles. The number of hydrogen-bond donors (Lipinski definition) is 0. The van der Waals surface area contributed by atoms with Gasteiger partial charge >= 0.3 is 34.4 Å². The molecule has 0 bridgehead atoms. The van der Waals surface area contributed by atoms with Crippen LogP contribution in [0, 0.1) is 10.8 Å². The third kappa shape index (κ3) is 43.3. The Morgan fingerprint density at radius 2 is 0.495 bits per heavy atom. The molecule has 2 spiro atoms. The summed E-state index contributed by atoms with van der Waals surface area (Å²) in [6, 6.07) is 19.4. The molecule has 0 aliphatic carbocycles. The Kier molecular flexibility index (Phi) is 53.5. The Balaban J connectivity index is 0.000000606. The maximum absolute atomic E-state index is 6.31. The van der Waals surface area contributed by atoms with Gasteiger partial charge in [0.25, 0.3) is 0 Å². The molecule has 3 aromatic rings. The van der Waals surface area contributed by atoms with Crippen molar-refractivity contribution >= 4 is 53.3 Å². The van der Waals surface area contributed by atoms with Crippen molar-refractivity contribution in [3.63, 3.8) is 0 Å². The van der Waals surface area contributed by atoms with Crippen LogP contribution in [-0.2, 0) is 82.3 Å². The van der Waals surface area contributed by atoms with Crippen molar-refractivity contribution in [1.29, 1.82) is 0 Å². The lowest BCUT2D eigenvalue weighted by Crippen LogP contribution is -2.45. The molecule has 646 valence electrons. The first-order valence-electron chi connectivity index (χ1n) is 42.5. The summed E-state index contributed by atoms with van der Waals surface area (Å²) in [4.78, 5) is 0. The average Bonchev–Trinajstić information content (AvgIpc) is 0.828. The van der Waals surface area contributed by atoms with Gasteiger partial charge in [-0.1, -0.05) is 382 Å². The smallest absolute Gasteiger partial charge is 0.397 e. The fraction of sp³-hybridized carbons (Fsp3) is 0.802. The topological polar surface area (TPSA) is 129 Å². The highest BCUT2D eigenvalue weighted by Crippen LogP contribution is 2.56. The summed E-state index contributed by atoms with van der Waals surface area (Å²) in [6.45, 7) is 50.0. The second-order valence-corrected chi connectivity index (χ2v) is 43.0. The van der Waals surface area contributed by atoms with Crippen molar-refractivity contribution in [3.8, 4) is 17.2 Å². The van der Waals surface area contributed by atoms with E-state index in [1.165, 1.54) is 215 Å². The first kappa shape index (κ1) is 106. The van der Waals surface area contributed by atoms with Crippen molar-refractivity contribution in [3.05, 3.63) is 88.0 Å². The van der Waals surface area contributed by atoms with E-state index in [2.05, 4.69) is 217 Å². The van der Waals surface area contributed by atoms with Crippen LogP contribution in [0.5, 0.6) is 17.2 Å². The Bertz CT molecular complexity index is 2670. The highest BCUT2D eigenvalue weighted by atomic mass is 31.2. The van der Waals surface area contributed by atoms with Gasteiger partial charge in [0, 0.05) is 23.8 Å². The van der Waals surface area contributed by atoms with Crippen LogP contribution in [0.4, 0.5) is 0 Å². The van der Waals surface area contributed by atoms with Gasteiger partial charge in [-0.2, -0.15) is 0 Å². The Labute approximate surface area is 693 Å². The highest BCUT2D eigenvalue weighted by Gasteiger charge is 2.47. The summed E-state index contributed by atoms with van der Waals surface area (Å²) < 4.78 is 82.3. The summed E-state index contributed by atoms with van der Waals surface area (Å²) in [5, 5.41) is 0. The summed E-state index contributed by atoms with van der Waals surface area (Å²) in [7, 11) is 0.480. The molecule has 4 aliphatic heterocycles.